The van der Waals surface area contributed by atoms with Gasteiger partial charge in [0.1, 0.15) is 0 Å². The first kappa shape index (κ1) is 13.7. The second-order valence-electron chi connectivity index (χ2n) is 4.82. The third-order valence-electron chi connectivity index (χ3n) is 3.41. The zero-order valence-electron chi connectivity index (χ0n) is 11.3. The van der Waals surface area contributed by atoms with Crippen molar-refractivity contribution in [3.63, 3.8) is 0 Å². The minimum absolute atomic E-state index is 0.0721. The average Bonchev–Trinajstić information content (AvgIpc) is 2.53. The Bertz CT molecular complexity index is 742. The molecule has 2 nitrogen and oxygen atoms in total. The van der Waals surface area contributed by atoms with Gasteiger partial charge in [0, 0.05) is 12.3 Å². The minimum Gasteiger partial charge on any atom is -0.302 e. The number of nitrogens with zero attached hydrogens (tertiary/aromatic N) is 1. The van der Waals surface area contributed by atoms with Gasteiger partial charge in [-0.1, -0.05) is 72.3 Å². The van der Waals surface area contributed by atoms with Crippen LogP contribution in [0.15, 0.2) is 83.8 Å². The molecule has 0 saturated carbocycles. The van der Waals surface area contributed by atoms with Crippen molar-refractivity contribution in [2.75, 3.05) is 0 Å². The highest BCUT2D eigenvalue weighted by atomic mass is 35.5. The lowest BCUT2D eigenvalue weighted by Crippen LogP contribution is -2.25. The van der Waals surface area contributed by atoms with Crippen LogP contribution in [0.5, 0.6) is 0 Å². The number of rotatable bonds is 3. The molecule has 0 spiro atoms. The van der Waals surface area contributed by atoms with Crippen LogP contribution in [0, 0.1) is 0 Å². The first-order chi connectivity index (χ1) is 10.3. The molecule has 3 heteroatoms. The molecule has 0 saturated heterocycles. The molecule has 0 amide bonds. The number of benzene rings is 2. The smallest absolute Gasteiger partial charge is 0.251 e. The van der Waals surface area contributed by atoms with Crippen LogP contribution in [0.25, 0.3) is 0 Å². The fourth-order valence-corrected chi connectivity index (χ4v) is 2.63. The van der Waals surface area contributed by atoms with Crippen molar-refractivity contribution in [3.8, 4) is 0 Å². The van der Waals surface area contributed by atoms with Gasteiger partial charge in [-0.2, -0.15) is 0 Å². The zero-order valence-corrected chi connectivity index (χ0v) is 12.1. The van der Waals surface area contributed by atoms with Gasteiger partial charge < -0.3 is 4.57 Å². The molecule has 0 aliphatic rings. The van der Waals surface area contributed by atoms with Crippen molar-refractivity contribution in [3.05, 3.63) is 105 Å². The summed E-state index contributed by atoms with van der Waals surface area (Å²) in [6.45, 7) is 0. The van der Waals surface area contributed by atoms with Crippen molar-refractivity contribution in [1.82, 2.24) is 4.57 Å². The summed E-state index contributed by atoms with van der Waals surface area (Å²) >= 11 is 6.08. The Hall–Kier alpha value is -2.32. The van der Waals surface area contributed by atoms with E-state index < -0.39 is 0 Å². The molecule has 21 heavy (non-hydrogen) atoms. The van der Waals surface area contributed by atoms with Crippen molar-refractivity contribution in [2.24, 2.45) is 0 Å². The summed E-state index contributed by atoms with van der Waals surface area (Å²) in [5.74, 6) is 0. The maximum Gasteiger partial charge on any atom is 0.251 e. The molecule has 0 aliphatic heterocycles. The fourth-order valence-electron chi connectivity index (χ4n) is 2.46. The average molecular weight is 296 g/mol. The lowest BCUT2D eigenvalue weighted by molar-refractivity contribution is 0.650. The molecule has 104 valence electrons. The first-order valence-electron chi connectivity index (χ1n) is 6.73. The van der Waals surface area contributed by atoms with Gasteiger partial charge in [-0.25, -0.2) is 0 Å². The monoisotopic (exact) mass is 295 g/mol. The van der Waals surface area contributed by atoms with E-state index in [1.54, 1.807) is 16.8 Å². The molecule has 1 heterocycles. The number of hydrogen-bond donors (Lipinski definition) is 0. The molecule has 0 N–H and O–H groups in total. The topological polar surface area (TPSA) is 22.0 Å². The van der Waals surface area contributed by atoms with Crippen LogP contribution in [0.1, 0.15) is 17.2 Å². The van der Waals surface area contributed by atoms with E-state index in [9.17, 15) is 4.79 Å². The molecule has 0 unspecified atom stereocenters. The van der Waals surface area contributed by atoms with Gasteiger partial charge >= 0.3 is 0 Å². The van der Waals surface area contributed by atoms with Crippen LogP contribution < -0.4 is 5.56 Å². The Kier molecular flexibility index (Phi) is 3.89. The molecule has 1 aromatic heterocycles. The van der Waals surface area contributed by atoms with Gasteiger partial charge in [0.05, 0.1) is 11.1 Å². The van der Waals surface area contributed by atoms with Gasteiger partial charge in [0.2, 0.25) is 0 Å². The molecule has 3 aromatic rings. The lowest BCUT2D eigenvalue weighted by Gasteiger charge is -2.21. The maximum atomic E-state index is 12.3. The van der Waals surface area contributed by atoms with Gasteiger partial charge in [0.15, 0.2) is 0 Å². The van der Waals surface area contributed by atoms with E-state index in [-0.39, 0.29) is 11.6 Å². The highest BCUT2D eigenvalue weighted by molar-refractivity contribution is 6.30. The van der Waals surface area contributed by atoms with Crippen LogP contribution in [0.3, 0.4) is 0 Å². The summed E-state index contributed by atoms with van der Waals surface area (Å²) in [5, 5.41) is 0.548. The Morgan fingerprint density at radius 2 is 1.29 bits per heavy atom. The highest BCUT2D eigenvalue weighted by Gasteiger charge is 2.17. The number of halogens is 1. The molecule has 0 radical (unpaired) electrons. The van der Waals surface area contributed by atoms with Gasteiger partial charge in [-0.3, -0.25) is 4.79 Å². The standard InChI is InChI=1S/C18H14ClNO/c19-16-11-12-17(21)20(13-16)18(14-7-3-1-4-8-14)15-9-5-2-6-10-15/h1-13,18H. The van der Waals surface area contributed by atoms with Crippen LogP contribution in [0.2, 0.25) is 5.02 Å². The molecular weight excluding hydrogens is 282 g/mol. The lowest BCUT2D eigenvalue weighted by atomic mass is 9.98. The van der Waals surface area contributed by atoms with Crippen LogP contribution in [-0.2, 0) is 0 Å². The van der Waals surface area contributed by atoms with Crippen molar-refractivity contribution >= 4 is 11.6 Å². The summed E-state index contributed by atoms with van der Waals surface area (Å²) in [5.41, 5.74) is 2.03. The van der Waals surface area contributed by atoms with E-state index >= 15 is 0 Å². The van der Waals surface area contributed by atoms with E-state index in [1.807, 2.05) is 60.7 Å². The molecular formula is C18H14ClNO. The van der Waals surface area contributed by atoms with Crippen LogP contribution in [0.4, 0.5) is 0 Å². The fraction of sp³-hybridized carbons (Fsp3) is 0.0556. The quantitative estimate of drug-likeness (QED) is 0.712. The Labute approximate surface area is 128 Å². The summed E-state index contributed by atoms with van der Waals surface area (Å²) in [6, 6.07) is 22.8. The first-order valence-corrected chi connectivity index (χ1v) is 7.11. The second-order valence-corrected chi connectivity index (χ2v) is 5.25. The predicted octanol–water partition coefficient (Wildman–Crippen LogP) is 4.14. The van der Waals surface area contributed by atoms with E-state index in [2.05, 4.69) is 0 Å². The summed E-state index contributed by atoms with van der Waals surface area (Å²) in [7, 11) is 0. The van der Waals surface area contributed by atoms with E-state index in [0.717, 1.165) is 11.1 Å². The van der Waals surface area contributed by atoms with Crippen molar-refractivity contribution in [2.45, 2.75) is 6.04 Å². The van der Waals surface area contributed by atoms with E-state index in [4.69, 9.17) is 11.6 Å². The molecule has 0 atom stereocenters. The molecule has 2 aromatic carbocycles. The Morgan fingerprint density at radius 3 is 1.81 bits per heavy atom. The van der Waals surface area contributed by atoms with Crippen LogP contribution in [-0.4, -0.2) is 4.57 Å². The third kappa shape index (κ3) is 2.91. The number of hydrogen-bond acceptors (Lipinski definition) is 1. The molecule has 0 bridgehead atoms. The van der Waals surface area contributed by atoms with E-state index in [1.165, 1.54) is 6.07 Å². The normalized spacial score (nSPS) is 10.8. The van der Waals surface area contributed by atoms with Gasteiger partial charge in [-0.05, 0) is 17.2 Å². The SMILES string of the molecule is O=c1ccc(Cl)cn1C(c1ccccc1)c1ccccc1. The van der Waals surface area contributed by atoms with Gasteiger partial charge in [0.25, 0.3) is 5.56 Å². The number of aromatic nitrogens is 1. The van der Waals surface area contributed by atoms with Crippen molar-refractivity contribution < 1.29 is 0 Å². The molecule has 0 aliphatic carbocycles. The zero-order chi connectivity index (χ0) is 14.7. The van der Waals surface area contributed by atoms with Crippen molar-refractivity contribution in [1.29, 1.82) is 0 Å². The molecule has 0 fully saturated rings. The summed E-state index contributed by atoms with van der Waals surface area (Å²) in [4.78, 5) is 12.3. The minimum atomic E-state index is -0.182. The Balaban J connectivity index is 2.22. The van der Waals surface area contributed by atoms with E-state index in [0.29, 0.717) is 5.02 Å². The predicted molar refractivity (Wildman–Crippen MR) is 85.8 cm³/mol. The second kappa shape index (κ2) is 5.98. The van der Waals surface area contributed by atoms with Crippen LogP contribution >= 0.6 is 11.6 Å². The summed E-state index contributed by atoms with van der Waals surface area (Å²) in [6.07, 6.45) is 1.69. The largest absolute Gasteiger partial charge is 0.302 e. The highest BCUT2D eigenvalue weighted by Crippen LogP contribution is 2.25. The number of pyridine rings is 1. The summed E-state index contributed by atoms with van der Waals surface area (Å²) < 4.78 is 1.67. The third-order valence-corrected chi connectivity index (χ3v) is 3.63. The Morgan fingerprint density at radius 1 is 0.762 bits per heavy atom. The van der Waals surface area contributed by atoms with Gasteiger partial charge in [-0.15, -0.1) is 0 Å². The maximum absolute atomic E-state index is 12.3. The molecule has 3 rings (SSSR count).